The molecule has 100 valence electrons. The number of nitrogens with two attached hydrogens (primary N) is 1. The molecule has 0 atom stereocenters. The van der Waals surface area contributed by atoms with E-state index in [0.717, 1.165) is 0 Å². The number of nitrogens with zero attached hydrogens (tertiary/aromatic N) is 2. The van der Waals surface area contributed by atoms with Gasteiger partial charge in [-0.3, -0.25) is 14.7 Å². The number of aryl methyl sites for hydroxylation is 1. The maximum atomic E-state index is 12.1. The molecule has 0 aliphatic rings. The van der Waals surface area contributed by atoms with E-state index >= 15 is 0 Å². The molecular weight excluding hydrogens is 264 g/mol. The van der Waals surface area contributed by atoms with Crippen LogP contribution in [-0.4, -0.2) is 18.4 Å². The molecule has 0 radical (unpaired) electrons. The van der Waals surface area contributed by atoms with Gasteiger partial charge in [0, 0.05) is 18.9 Å². The van der Waals surface area contributed by atoms with E-state index in [2.05, 4.69) is 14.7 Å². The molecule has 19 heavy (non-hydrogen) atoms. The second-order valence-electron chi connectivity index (χ2n) is 3.93. The molecule has 0 saturated carbocycles. The van der Waals surface area contributed by atoms with Gasteiger partial charge in [0.15, 0.2) is 0 Å². The topological polar surface area (TPSA) is 98.0 Å². The maximum Gasteiger partial charge on any atom is 0.263 e. The zero-order valence-electron chi connectivity index (χ0n) is 10.4. The first-order valence-corrected chi connectivity index (χ1v) is 7.10. The summed E-state index contributed by atoms with van der Waals surface area (Å²) in [4.78, 5) is 8.08. The Balaban J connectivity index is 2.30. The Hall–Kier alpha value is -1.99. The van der Waals surface area contributed by atoms with Gasteiger partial charge in [-0.05, 0) is 31.2 Å². The van der Waals surface area contributed by atoms with E-state index in [-0.39, 0.29) is 11.4 Å². The number of anilines is 1. The van der Waals surface area contributed by atoms with E-state index in [1.54, 1.807) is 31.3 Å². The minimum atomic E-state index is -3.65. The summed E-state index contributed by atoms with van der Waals surface area (Å²) in [7, 11) is -3.65. The number of nitrogens with one attached hydrogen (secondary N) is 1. The SMILES string of the molecule is Cc1ncccc1NS(=O)(=O)c1ccc(CN)nc1. The number of hydrogen-bond acceptors (Lipinski definition) is 5. The highest BCUT2D eigenvalue weighted by molar-refractivity contribution is 7.92. The molecule has 0 aliphatic carbocycles. The van der Waals surface area contributed by atoms with Gasteiger partial charge in [-0.15, -0.1) is 0 Å². The zero-order chi connectivity index (χ0) is 13.9. The van der Waals surface area contributed by atoms with E-state index < -0.39 is 10.0 Å². The normalized spacial score (nSPS) is 11.3. The molecule has 2 rings (SSSR count). The number of hydrogen-bond donors (Lipinski definition) is 2. The van der Waals surface area contributed by atoms with Crippen LogP contribution in [0.2, 0.25) is 0 Å². The molecule has 0 aromatic carbocycles. The van der Waals surface area contributed by atoms with Crippen molar-refractivity contribution in [2.75, 3.05) is 4.72 Å². The Bertz CT molecular complexity index is 668. The molecule has 2 heterocycles. The van der Waals surface area contributed by atoms with E-state index in [1.165, 1.54) is 12.3 Å². The summed E-state index contributed by atoms with van der Waals surface area (Å²) in [5.74, 6) is 0. The highest BCUT2D eigenvalue weighted by atomic mass is 32.2. The van der Waals surface area contributed by atoms with Crippen LogP contribution in [0.25, 0.3) is 0 Å². The van der Waals surface area contributed by atoms with Crippen molar-refractivity contribution in [3.63, 3.8) is 0 Å². The lowest BCUT2D eigenvalue weighted by atomic mass is 10.3. The Morgan fingerprint density at radius 3 is 2.63 bits per heavy atom. The summed E-state index contributed by atoms with van der Waals surface area (Å²) in [5.41, 5.74) is 7.11. The third-order valence-electron chi connectivity index (χ3n) is 2.57. The van der Waals surface area contributed by atoms with Gasteiger partial charge in [0.1, 0.15) is 4.90 Å². The molecule has 0 bridgehead atoms. The minimum Gasteiger partial charge on any atom is -0.325 e. The first kappa shape index (κ1) is 13.4. The van der Waals surface area contributed by atoms with Gasteiger partial charge in [-0.2, -0.15) is 0 Å². The maximum absolute atomic E-state index is 12.1. The van der Waals surface area contributed by atoms with Crippen LogP contribution in [0.5, 0.6) is 0 Å². The Kier molecular flexibility index (Phi) is 3.77. The third kappa shape index (κ3) is 3.07. The largest absolute Gasteiger partial charge is 0.325 e. The molecule has 6 nitrogen and oxygen atoms in total. The lowest BCUT2D eigenvalue weighted by Gasteiger charge is -2.09. The molecule has 0 fully saturated rings. The molecule has 0 spiro atoms. The van der Waals surface area contributed by atoms with Crippen molar-refractivity contribution in [3.8, 4) is 0 Å². The Morgan fingerprint density at radius 2 is 2.05 bits per heavy atom. The molecule has 2 aromatic rings. The second-order valence-corrected chi connectivity index (χ2v) is 5.61. The average Bonchev–Trinajstić information content (AvgIpc) is 2.41. The van der Waals surface area contributed by atoms with Crippen molar-refractivity contribution in [1.29, 1.82) is 0 Å². The molecule has 0 unspecified atom stereocenters. The van der Waals surface area contributed by atoms with Gasteiger partial charge >= 0.3 is 0 Å². The average molecular weight is 278 g/mol. The Labute approximate surface area is 111 Å². The molecule has 0 saturated heterocycles. The van der Waals surface area contributed by atoms with Gasteiger partial charge in [0.05, 0.1) is 17.1 Å². The van der Waals surface area contributed by atoms with Crippen molar-refractivity contribution in [1.82, 2.24) is 9.97 Å². The number of pyridine rings is 2. The molecule has 0 amide bonds. The minimum absolute atomic E-state index is 0.0907. The van der Waals surface area contributed by atoms with Gasteiger partial charge < -0.3 is 5.73 Å². The fraction of sp³-hybridized carbons (Fsp3) is 0.167. The monoisotopic (exact) mass is 278 g/mol. The van der Waals surface area contributed by atoms with Crippen molar-refractivity contribution >= 4 is 15.7 Å². The van der Waals surface area contributed by atoms with Crippen LogP contribution in [0.4, 0.5) is 5.69 Å². The van der Waals surface area contributed by atoms with Crippen molar-refractivity contribution in [3.05, 3.63) is 48.0 Å². The first-order valence-electron chi connectivity index (χ1n) is 5.62. The summed E-state index contributed by atoms with van der Waals surface area (Å²) in [6, 6.07) is 6.39. The lowest BCUT2D eigenvalue weighted by molar-refractivity contribution is 0.600. The molecule has 3 N–H and O–H groups in total. The predicted molar refractivity (Wildman–Crippen MR) is 71.9 cm³/mol. The predicted octanol–water partition coefficient (Wildman–Crippen LogP) is 1.04. The highest BCUT2D eigenvalue weighted by Crippen LogP contribution is 2.17. The molecule has 7 heteroatoms. The van der Waals surface area contributed by atoms with E-state index in [4.69, 9.17) is 5.73 Å². The van der Waals surface area contributed by atoms with Crippen molar-refractivity contribution < 1.29 is 8.42 Å². The number of sulfonamides is 1. The number of aromatic nitrogens is 2. The fourth-order valence-electron chi connectivity index (χ4n) is 1.49. The van der Waals surface area contributed by atoms with Crippen LogP contribution in [0, 0.1) is 6.92 Å². The van der Waals surface area contributed by atoms with Crippen LogP contribution in [0.3, 0.4) is 0 Å². The van der Waals surface area contributed by atoms with Gasteiger partial charge in [0.25, 0.3) is 10.0 Å². The summed E-state index contributed by atoms with van der Waals surface area (Å²) in [5, 5.41) is 0. The summed E-state index contributed by atoms with van der Waals surface area (Å²) in [6.45, 7) is 2.00. The molecule has 0 aliphatic heterocycles. The van der Waals surface area contributed by atoms with Crippen molar-refractivity contribution in [2.24, 2.45) is 5.73 Å². The third-order valence-corrected chi connectivity index (χ3v) is 3.92. The first-order chi connectivity index (χ1) is 9.03. The van der Waals surface area contributed by atoms with Crippen LogP contribution in [-0.2, 0) is 16.6 Å². The van der Waals surface area contributed by atoms with Crippen LogP contribution in [0.15, 0.2) is 41.6 Å². The number of rotatable bonds is 4. The van der Waals surface area contributed by atoms with Gasteiger partial charge in [-0.1, -0.05) is 0 Å². The fourth-order valence-corrected chi connectivity index (χ4v) is 2.55. The zero-order valence-corrected chi connectivity index (χ0v) is 11.2. The summed E-state index contributed by atoms with van der Waals surface area (Å²) < 4.78 is 26.8. The van der Waals surface area contributed by atoms with Crippen LogP contribution < -0.4 is 10.5 Å². The smallest absolute Gasteiger partial charge is 0.263 e. The molecule has 2 aromatic heterocycles. The van der Waals surface area contributed by atoms with Crippen LogP contribution >= 0.6 is 0 Å². The van der Waals surface area contributed by atoms with Crippen molar-refractivity contribution in [2.45, 2.75) is 18.4 Å². The van der Waals surface area contributed by atoms with Gasteiger partial charge in [0.2, 0.25) is 0 Å². The van der Waals surface area contributed by atoms with Crippen LogP contribution in [0.1, 0.15) is 11.4 Å². The van der Waals surface area contributed by atoms with Gasteiger partial charge in [-0.25, -0.2) is 8.42 Å². The standard InChI is InChI=1S/C12H14N4O2S/c1-9-12(3-2-6-14-9)16-19(17,18)11-5-4-10(7-13)15-8-11/h2-6,8,16H,7,13H2,1H3. The van der Waals surface area contributed by atoms with E-state index in [1.807, 2.05) is 0 Å². The van der Waals surface area contributed by atoms with E-state index in [9.17, 15) is 8.42 Å². The lowest BCUT2D eigenvalue weighted by Crippen LogP contribution is -2.14. The summed E-state index contributed by atoms with van der Waals surface area (Å²) >= 11 is 0. The summed E-state index contributed by atoms with van der Waals surface area (Å²) in [6.07, 6.45) is 2.89. The Morgan fingerprint density at radius 1 is 1.26 bits per heavy atom. The second kappa shape index (κ2) is 5.33. The van der Waals surface area contributed by atoms with E-state index in [0.29, 0.717) is 17.1 Å². The highest BCUT2D eigenvalue weighted by Gasteiger charge is 2.15. The quantitative estimate of drug-likeness (QED) is 0.871. The molecular formula is C12H14N4O2S.